The fraction of sp³-hybridized carbons (Fsp3) is 0.636. The lowest BCUT2D eigenvalue weighted by Crippen LogP contribution is -2.40. The lowest BCUT2D eigenvalue weighted by molar-refractivity contribution is 0.541. The third-order valence-corrected chi connectivity index (χ3v) is 2.06. The van der Waals surface area contributed by atoms with Crippen molar-refractivity contribution in [3.05, 3.63) is 18.7 Å². The number of hydrogen-bond acceptors (Lipinski definition) is 2. The number of aliphatic imine (C=N–C) groups is 1. The van der Waals surface area contributed by atoms with E-state index in [1.54, 1.807) is 12.5 Å². The molecule has 1 rings (SSSR count). The lowest BCUT2D eigenvalue weighted by atomic mass is 10.2. The number of imidazole rings is 1. The first-order valence-corrected chi connectivity index (χ1v) is 5.60. The van der Waals surface area contributed by atoms with Crippen molar-refractivity contribution in [3.8, 4) is 0 Å². The fourth-order valence-electron chi connectivity index (χ4n) is 1.34. The molecular formula is C11H21N5. The van der Waals surface area contributed by atoms with E-state index < -0.39 is 0 Å². The van der Waals surface area contributed by atoms with Gasteiger partial charge in [-0.05, 0) is 12.8 Å². The van der Waals surface area contributed by atoms with E-state index >= 15 is 0 Å². The summed E-state index contributed by atoms with van der Waals surface area (Å²) in [6.45, 7) is 7.89. The third kappa shape index (κ3) is 4.82. The molecule has 0 spiro atoms. The van der Waals surface area contributed by atoms with Gasteiger partial charge in [0.1, 0.15) is 0 Å². The van der Waals surface area contributed by atoms with Crippen LogP contribution in [0.5, 0.6) is 0 Å². The summed E-state index contributed by atoms with van der Waals surface area (Å²) < 4.78 is 2.01. The number of hydrogen-bond donors (Lipinski definition) is 2. The van der Waals surface area contributed by atoms with Gasteiger partial charge in [0.15, 0.2) is 5.96 Å². The number of nitrogens with one attached hydrogen (secondary N) is 1. The predicted molar refractivity (Wildman–Crippen MR) is 66.2 cm³/mol. The Kier molecular flexibility index (Phi) is 4.82. The van der Waals surface area contributed by atoms with E-state index in [0.29, 0.717) is 11.9 Å². The SMILES string of the molecule is CC(C)CN=C(N)NC(C)Cn1ccnc1. The summed E-state index contributed by atoms with van der Waals surface area (Å²) in [6.07, 6.45) is 5.49. The molecule has 16 heavy (non-hydrogen) atoms. The molecule has 0 aliphatic rings. The molecule has 0 amide bonds. The number of rotatable bonds is 5. The van der Waals surface area contributed by atoms with Gasteiger partial charge in [-0.15, -0.1) is 0 Å². The molecule has 5 nitrogen and oxygen atoms in total. The molecular weight excluding hydrogens is 202 g/mol. The monoisotopic (exact) mass is 223 g/mol. The molecule has 0 bridgehead atoms. The Hall–Kier alpha value is -1.52. The zero-order chi connectivity index (χ0) is 12.0. The van der Waals surface area contributed by atoms with Gasteiger partial charge < -0.3 is 15.6 Å². The highest BCUT2D eigenvalue weighted by molar-refractivity contribution is 5.78. The molecule has 3 N–H and O–H groups in total. The maximum Gasteiger partial charge on any atom is 0.188 e. The minimum atomic E-state index is 0.241. The van der Waals surface area contributed by atoms with Crippen LogP contribution in [0, 0.1) is 5.92 Å². The van der Waals surface area contributed by atoms with Gasteiger partial charge in [-0.2, -0.15) is 0 Å². The van der Waals surface area contributed by atoms with Crippen molar-refractivity contribution in [2.75, 3.05) is 6.54 Å². The second-order valence-electron chi connectivity index (χ2n) is 4.42. The molecule has 0 saturated carbocycles. The normalized spacial score (nSPS) is 14.1. The second-order valence-corrected chi connectivity index (χ2v) is 4.42. The molecule has 5 heteroatoms. The van der Waals surface area contributed by atoms with E-state index in [-0.39, 0.29) is 6.04 Å². The average Bonchev–Trinajstić information content (AvgIpc) is 2.67. The Morgan fingerprint density at radius 1 is 1.50 bits per heavy atom. The molecule has 1 aromatic rings. The van der Waals surface area contributed by atoms with Gasteiger partial charge in [0.05, 0.1) is 6.33 Å². The summed E-state index contributed by atoms with van der Waals surface area (Å²) >= 11 is 0. The highest BCUT2D eigenvalue weighted by Crippen LogP contribution is 1.93. The van der Waals surface area contributed by atoms with Gasteiger partial charge in [0.2, 0.25) is 0 Å². The maximum absolute atomic E-state index is 5.77. The van der Waals surface area contributed by atoms with Crippen molar-refractivity contribution in [1.82, 2.24) is 14.9 Å². The van der Waals surface area contributed by atoms with Crippen LogP contribution in [0.3, 0.4) is 0 Å². The molecule has 1 aromatic heterocycles. The number of nitrogens with two attached hydrogens (primary N) is 1. The van der Waals surface area contributed by atoms with Crippen molar-refractivity contribution >= 4 is 5.96 Å². The van der Waals surface area contributed by atoms with Crippen LogP contribution in [0.2, 0.25) is 0 Å². The summed E-state index contributed by atoms with van der Waals surface area (Å²) in [4.78, 5) is 8.24. The van der Waals surface area contributed by atoms with Gasteiger partial charge in [0.25, 0.3) is 0 Å². The molecule has 1 unspecified atom stereocenters. The van der Waals surface area contributed by atoms with E-state index in [2.05, 4.69) is 36.1 Å². The van der Waals surface area contributed by atoms with Gasteiger partial charge >= 0.3 is 0 Å². The van der Waals surface area contributed by atoms with Crippen LogP contribution >= 0.6 is 0 Å². The predicted octanol–water partition coefficient (Wildman–Crippen LogP) is 0.832. The first kappa shape index (κ1) is 12.5. The van der Waals surface area contributed by atoms with Gasteiger partial charge in [-0.1, -0.05) is 13.8 Å². The van der Waals surface area contributed by atoms with Gasteiger partial charge in [-0.25, -0.2) is 4.98 Å². The average molecular weight is 223 g/mol. The minimum Gasteiger partial charge on any atom is -0.370 e. The maximum atomic E-state index is 5.77. The van der Waals surface area contributed by atoms with E-state index in [1.165, 1.54) is 0 Å². The molecule has 0 aliphatic heterocycles. The standard InChI is InChI=1S/C11H21N5/c1-9(2)6-14-11(12)15-10(3)7-16-5-4-13-8-16/h4-5,8-10H,6-7H2,1-3H3,(H3,12,14,15). The van der Waals surface area contributed by atoms with Gasteiger partial charge in [0, 0.05) is 31.5 Å². The Morgan fingerprint density at radius 2 is 2.25 bits per heavy atom. The highest BCUT2D eigenvalue weighted by atomic mass is 15.1. The van der Waals surface area contributed by atoms with Crippen molar-refractivity contribution in [3.63, 3.8) is 0 Å². The van der Waals surface area contributed by atoms with Crippen molar-refractivity contribution in [1.29, 1.82) is 0 Å². The Morgan fingerprint density at radius 3 is 2.81 bits per heavy atom. The van der Waals surface area contributed by atoms with Crippen LogP contribution in [0.4, 0.5) is 0 Å². The summed E-state index contributed by atoms with van der Waals surface area (Å²) in [6, 6.07) is 0.241. The number of nitrogens with zero attached hydrogens (tertiary/aromatic N) is 3. The summed E-state index contributed by atoms with van der Waals surface area (Å²) in [7, 11) is 0. The largest absolute Gasteiger partial charge is 0.370 e. The molecule has 0 aromatic carbocycles. The van der Waals surface area contributed by atoms with Crippen LogP contribution in [-0.4, -0.2) is 28.1 Å². The Labute approximate surface area is 96.8 Å². The fourth-order valence-corrected chi connectivity index (χ4v) is 1.34. The summed E-state index contributed by atoms with van der Waals surface area (Å²) in [5.74, 6) is 1.05. The quantitative estimate of drug-likeness (QED) is 0.574. The van der Waals surface area contributed by atoms with E-state index in [1.807, 2.05) is 10.8 Å². The smallest absolute Gasteiger partial charge is 0.188 e. The zero-order valence-electron chi connectivity index (χ0n) is 10.2. The van der Waals surface area contributed by atoms with E-state index in [4.69, 9.17) is 5.73 Å². The first-order chi connectivity index (χ1) is 7.58. The minimum absolute atomic E-state index is 0.241. The van der Waals surface area contributed by atoms with Gasteiger partial charge in [-0.3, -0.25) is 4.99 Å². The molecule has 0 fully saturated rings. The molecule has 1 atom stereocenters. The summed E-state index contributed by atoms with van der Waals surface area (Å²) in [5, 5.41) is 3.15. The molecule has 0 aliphatic carbocycles. The van der Waals surface area contributed by atoms with Crippen LogP contribution in [-0.2, 0) is 6.54 Å². The molecule has 1 heterocycles. The second kappa shape index (κ2) is 6.15. The zero-order valence-corrected chi connectivity index (χ0v) is 10.2. The lowest BCUT2D eigenvalue weighted by Gasteiger charge is -2.15. The van der Waals surface area contributed by atoms with Crippen molar-refractivity contribution in [2.45, 2.75) is 33.4 Å². The van der Waals surface area contributed by atoms with Crippen molar-refractivity contribution in [2.24, 2.45) is 16.6 Å². The topological polar surface area (TPSA) is 68.2 Å². The van der Waals surface area contributed by atoms with Crippen LogP contribution < -0.4 is 11.1 Å². The third-order valence-electron chi connectivity index (χ3n) is 2.06. The molecule has 0 radical (unpaired) electrons. The summed E-state index contributed by atoms with van der Waals surface area (Å²) in [5.41, 5.74) is 5.77. The Balaban J connectivity index is 2.33. The Bertz CT molecular complexity index is 315. The van der Waals surface area contributed by atoms with Crippen LogP contribution in [0.1, 0.15) is 20.8 Å². The molecule has 0 saturated heterocycles. The van der Waals surface area contributed by atoms with E-state index in [9.17, 15) is 0 Å². The number of guanidine groups is 1. The van der Waals surface area contributed by atoms with E-state index in [0.717, 1.165) is 13.1 Å². The van der Waals surface area contributed by atoms with Crippen molar-refractivity contribution < 1.29 is 0 Å². The van der Waals surface area contributed by atoms with Crippen LogP contribution in [0.25, 0.3) is 0 Å². The van der Waals surface area contributed by atoms with Crippen LogP contribution in [0.15, 0.2) is 23.7 Å². The molecule has 90 valence electrons. The highest BCUT2D eigenvalue weighted by Gasteiger charge is 2.03. The first-order valence-electron chi connectivity index (χ1n) is 5.60. The number of aromatic nitrogens is 2.